The minimum absolute atomic E-state index is 0.136. The predicted molar refractivity (Wildman–Crippen MR) is 163 cm³/mol. The number of hydrogen-bond acceptors (Lipinski definition) is 4. The lowest BCUT2D eigenvalue weighted by molar-refractivity contribution is 0.475. The van der Waals surface area contributed by atoms with E-state index >= 15 is 0 Å². The number of pyridine rings is 1. The fraction of sp³-hybridized carbons (Fsp3) is 0.152. The molecule has 3 aromatic carbocycles. The number of anilines is 1. The van der Waals surface area contributed by atoms with Crippen LogP contribution in [0.4, 0.5) is 5.69 Å². The van der Waals surface area contributed by atoms with Gasteiger partial charge in [0.1, 0.15) is 17.2 Å². The van der Waals surface area contributed by atoms with Crippen LogP contribution in [-0.2, 0) is 0 Å². The molecular weight excluding hydrogens is 516 g/mol. The number of hydrogen-bond donors (Lipinski definition) is 2. The van der Waals surface area contributed by atoms with E-state index < -0.39 is 0 Å². The summed E-state index contributed by atoms with van der Waals surface area (Å²) < 4.78 is 8.29. The Kier molecular flexibility index (Phi) is 6.74. The fourth-order valence-corrected chi connectivity index (χ4v) is 5.80. The summed E-state index contributed by atoms with van der Waals surface area (Å²) in [5.74, 6) is 1.80. The van der Waals surface area contributed by atoms with Crippen molar-refractivity contribution >= 4 is 23.0 Å². The summed E-state index contributed by atoms with van der Waals surface area (Å²) in [6.07, 6.45) is 1.82. The molecule has 0 radical (unpaired) electrons. The summed E-state index contributed by atoms with van der Waals surface area (Å²) in [5, 5.41) is 14.0. The quantitative estimate of drug-likeness (QED) is 0.215. The summed E-state index contributed by atoms with van der Waals surface area (Å²) in [6, 6.07) is 31.2. The zero-order chi connectivity index (χ0) is 27.8. The third-order valence-corrected chi connectivity index (χ3v) is 7.68. The van der Waals surface area contributed by atoms with Gasteiger partial charge in [-0.05, 0) is 117 Å². The molecule has 0 amide bonds. The SMILES string of the molecule is Cc1ccc(Oc2ccc(N3C(=S)N[C@@H](c4ccccn4)[C@@H]3c3cc(C)n(-c4ccc(O)cc4)c3C)cc2)cc1. The second-order valence-corrected chi connectivity index (χ2v) is 10.5. The molecule has 0 saturated carbocycles. The molecule has 1 fully saturated rings. The molecule has 0 spiro atoms. The van der Waals surface area contributed by atoms with Gasteiger partial charge in [-0.2, -0.15) is 0 Å². The third kappa shape index (κ3) is 4.80. The summed E-state index contributed by atoms with van der Waals surface area (Å²) in [7, 11) is 0. The Morgan fingerprint density at radius 3 is 2.12 bits per heavy atom. The first-order valence-electron chi connectivity index (χ1n) is 13.2. The fourth-order valence-electron chi connectivity index (χ4n) is 5.45. The highest BCUT2D eigenvalue weighted by Gasteiger charge is 2.42. The second kappa shape index (κ2) is 10.5. The molecule has 40 heavy (non-hydrogen) atoms. The lowest BCUT2D eigenvalue weighted by Crippen LogP contribution is -2.29. The maximum atomic E-state index is 9.83. The van der Waals surface area contributed by atoms with Gasteiger partial charge in [-0.15, -0.1) is 0 Å². The molecule has 0 unspecified atom stereocenters. The Hall–Kier alpha value is -4.62. The first kappa shape index (κ1) is 25.6. The van der Waals surface area contributed by atoms with E-state index in [1.165, 1.54) is 5.56 Å². The molecular formula is C33H30N4O2S. The molecule has 3 heterocycles. The standard InChI is InChI=1S/C33H30N4O2S/c1-21-7-15-27(16-8-21)39-28-17-11-25(12-18-28)37-32(31(35-33(37)40)30-6-4-5-19-34-30)29-20-22(2)36(23(29)3)24-9-13-26(38)14-10-24/h4-20,31-32,38H,1-3H3,(H,35,40)/t31-,32-/m0/s1. The van der Waals surface area contributed by atoms with Crippen molar-refractivity contribution in [3.8, 4) is 22.9 Å². The average molecular weight is 547 g/mol. The summed E-state index contributed by atoms with van der Waals surface area (Å²) in [4.78, 5) is 6.86. The van der Waals surface area contributed by atoms with Crippen molar-refractivity contribution < 1.29 is 9.84 Å². The number of aromatic hydroxyl groups is 1. The smallest absolute Gasteiger partial charge is 0.174 e. The molecule has 1 aliphatic heterocycles. The molecule has 2 atom stereocenters. The van der Waals surface area contributed by atoms with Crippen LogP contribution in [0.5, 0.6) is 17.2 Å². The van der Waals surface area contributed by atoms with Gasteiger partial charge in [-0.3, -0.25) is 4.98 Å². The third-order valence-electron chi connectivity index (χ3n) is 7.37. The van der Waals surface area contributed by atoms with Crippen LogP contribution in [0.25, 0.3) is 5.69 Å². The van der Waals surface area contributed by atoms with Crippen LogP contribution >= 0.6 is 12.2 Å². The molecule has 1 aliphatic rings. The average Bonchev–Trinajstić information content (AvgIpc) is 3.46. The number of nitrogens with one attached hydrogen (secondary N) is 1. The van der Waals surface area contributed by atoms with Gasteiger partial charge in [0.15, 0.2) is 5.11 Å². The molecule has 2 aromatic heterocycles. The van der Waals surface area contributed by atoms with E-state index in [1.807, 2.05) is 85.1 Å². The minimum atomic E-state index is -0.147. The van der Waals surface area contributed by atoms with E-state index in [2.05, 4.69) is 46.6 Å². The molecule has 6 rings (SSSR count). The predicted octanol–water partition coefficient (Wildman–Crippen LogP) is 7.47. The number of nitrogens with zero attached hydrogens (tertiary/aromatic N) is 3. The van der Waals surface area contributed by atoms with Crippen LogP contribution in [0.15, 0.2) is 103 Å². The van der Waals surface area contributed by atoms with Crippen LogP contribution in [0.2, 0.25) is 0 Å². The van der Waals surface area contributed by atoms with Gasteiger partial charge in [0.25, 0.3) is 0 Å². The van der Waals surface area contributed by atoms with Crippen molar-refractivity contribution in [3.05, 3.63) is 131 Å². The molecule has 0 bridgehead atoms. The highest BCUT2D eigenvalue weighted by Crippen LogP contribution is 2.44. The largest absolute Gasteiger partial charge is 0.508 e. The number of aromatic nitrogens is 2. The van der Waals surface area contributed by atoms with Crippen molar-refractivity contribution in [2.45, 2.75) is 32.9 Å². The number of benzene rings is 3. The van der Waals surface area contributed by atoms with E-state index in [9.17, 15) is 5.11 Å². The summed E-state index contributed by atoms with van der Waals surface area (Å²) in [5.41, 5.74) is 7.41. The van der Waals surface area contributed by atoms with Crippen molar-refractivity contribution in [1.82, 2.24) is 14.9 Å². The van der Waals surface area contributed by atoms with Crippen LogP contribution in [0.3, 0.4) is 0 Å². The van der Waals surface area contributed by atoms with Crippen LogP contribution in [0, 0.1) is 20.8 Å². The first-order valence-corrected chi connectivity index (χ1v) is 13.6. The number of aryl methyl sites for hydroxylation is 2. The second-order valence-electron chi connectivity index (χ2n) is 10.1. The zero-order valence-corrected chi connectivity index (χ0v) is 23.4. The van der Waals surface area contributed by atoms with Gasteiger partial charge in [-0.1, -0.05) is 23.8 Å². The maximum absolute atomic E-state index is 9.83. The van der Waals surface area contributed by atoms with Gasteiger partial charge in [0, 0.05) is 29.0 Å². The maximum Gasteiger partial charge on any atom is 0.174 e. The molecule has 7 heteroatoms. The van der Waals surface area contributed by atoms with Gasteiger partial charge in [0.05, 0.1) is 17.8 Å². The number of rotatable bonds is 6. The number of phenols is 1. The summed E-state index contributed by atoms with van der Waals surface area (Å²) >= 11 is 5.94. The van der Waals surface area contributed by atoms with Crippen LogP contribution in [0.1, 0.15) is 40.3 Å². The number of thiocarbonyl (C=S) groups is 1. The Morgan fingerprint density at radius 2 is 1.48 bits per heavy atom. The molecule has 0 aliphatic carbocycles. The molecule has 1 saturated heterocycles. The monoisotopic (exact) mass is 546 g/mol. The highest BCUT2D eigenvalue weighted by atomic mass is 32.1. The van der Waals surface area contributed by atoms with Crippen molar-refractivity contribution in [1.29, 1.82) is 0 Å². The van der Waals surface area contributed by atoms with E-state index in [-0.39, 0.29) is 17.8 Å². The molecule has 5 aromatic rings. The molecule has 2 N–H and O–H groups in total. The number of phenolic OH excluding ortho intramolecular Hbond substituents is 1. The van der Waals surface area contributed by atoms with Crippen molar-refractivity contribution in [2.24, 2.45) is 0 Å². The van der Waals surface area contributed by atoms with Gasteiger partial charge in [-0.25, -0.2) is 0 Å². The van der Waals surface area contributed by atoms with E-state index in [0.29, 0.717) is 5.11 Å². The van der Waals surface area contributed by atoms with Crippen molar-refractivity contribution in [2.75, 3.05) is 4.90 Å². The van der Waals surface area contributed by atoms with E-state index in [4.69, 9.17) is 17.0 Å². The Bertz CT molecular complexity index is 1650. The number of ether oxygens (including phenoxy) is 1. The molecule has 6 nitrogen and oxygen atoms in total. The van der Waals surface area contributed by atoms with E-state index in [0.717, 1.165) is 45.5 Å². The van der Waals surface area contributed by atoms with Crippen LogP contribution in [-0.4, -0.2) is 19.8 Å². The Labute approximate surface area is 239 Å². The topological polar surface area (TPSA) is 62.5 Å². The highest BCUT2D eigenvalue weighted by molar-refractivity contribution is 7.80. The van der Waals surface area contributed by atoms with Gasteiger partial charge < -0.3 is 24.6 Å². The molecule has 200 valence electrons. The lowest BCUT2D eigenvalue weighted by Gasteiger charge is -2.28. The Morgan fingerprint density at radius 1 is 0.825 bits per heavy atom. The summed E-state index contributed by atoms with van der Waals surface area (Å²) in [6.45, 7) is 6.28. The van der Waals surface area contributed by atoms with Gasteiger partial charge >= 0.3 is 0 Å². The zero-order valence-electron chi connectivity index (χ0n) is 22.6. The van der Waals surface area contributed by atoms with Gasteiger partial charge in [0.2, 0.25) is 0 Å². The van der Waals surface area contributed by atoms with Crippen LogP contribution < -0.4 is 15.0 Å². The van der Waals surface area contributed by atoms with E-state index in [1.54, 1.807) is 12.1 Å². The Balaban J connectivity index is 1.40. The first-order chi connectivity index (χ1) is 19.4. The minimum Gasteiger partial charge on any atom is -0.508 e. The van der Waals surface area contributed by atoms with Crippen molar-refractivity contribution in [3.63, 3.8) is 0 Å². The normalized spacial score (nSPS) is 16.7. The lowest BCUT2D eigenvalue weighted by atomic mass is 9.96.